The Balaban J connectivity index is 1.93. The minimum absolute atomic E-state index is 1.52. The second-order valence-corrected chi connectivity index (χ2v) is 3.10. The summed E-state index contributed by atoms with van der Waals surface area (Å²) >= 11 is 3.06. The van der Waals surface area contributed by atoms with Gasteiger partial charge in [0.05, 0.1) is 5.55 Å². The molecule has 4 nitrogen and oxygen atoms in total. The molecular formula is C4H5N4S2. The fourth-order valence-corrected chi connectivity index (χ4v) is 1.66. The van der Waals surface area contributed by atoms with Crippen LogP contribution in [0.1, 0.15) is 0 Å². The highest BCUT2D eigenvalue weighted by molar-refractivity contribution is 8.10. The molecule has 0 amide bonds. The van der Waals surface area contributed by atoms with E-state index >= 15 is 0 Å². The Morgan fingerprint density at radius 3 is 3.10 bits per heavy atom. The van der Waals surface area contributed by atoms with E-state index in [1.54, 1.807) is 12.2 Å². The molecule has 6 heteroatoms. The number of aliphatic imine (C=N–C) groups is 1. The van der Waals surface area contributed by atoms with Gasteiger partial charge in [0.2, 0.25) is 0 Å². The number of hydrazine groups is 2. The summed E-state index contributed by atoms with van der Waals surface area (Å²) in [5.41, 5.74) is 1.78. The topological polar surface area (TPSA) is 30.9 Å². The molecule has 0 aromatic heterocycles. The van der Waals surface area contributed by atoms with Crippen molar-refractivity contribution in [2.75, 3.05) is 0 Å². The van der Waals surface area contributed by atoms with E-state index in [-0.39, 0.29) is 0 Å². The van der Waals surface area contributed by atoms with E-state index < -0.39 is 0 Å². The van der Waals surface area contributed by atoms with Gasteiger partial charge in [0.1, 0.15) is 0 Å². The first-order valence-electron chi connectivity index (χ1n) is 2.65. The van der Waals surface area contributed by atoms with Crippen molar-refractivity contribution in [3.8, 4) is 0 Å². The SMILES string of the molecule is [CH]1N=CSN1N1C=CSN1. The molecule has 0 bridgehead atoms. The van der Waals surface area contributed by atoms with Crippen LogP contribution in [0.25, 0.3) is 0 Å². The van der Waals surface area contributed by atoms with Crippen LogP contribution in [0.3, 0.4) is 0 Å². The van der Waals surface area contributed by atoms with Crippen molar-refractivity contribution in [2.45, 2.75) is 0 Å². The monoisotopic (exact) mass is 173 g/mol. The summed E-state index contributed by atoms with van der Waals surface area (Å²) < 4.78 is 1.89. The fraction of sp³-hybridized carbons (Fsp3) is 0. The smallest absolute Gasteiger partial charge is 0.171 e. The first-order chi connectivity index (χ1) is 4.97. The second kappa shape index (κ2) is 2.83. The molecule has 0 aromatic carbocycles. The van der Waals surface area contributed by atoms with Crippen molar-refractivity contribution in [2.24, 2.45) is 4.99 Å². The molecule has 1 N–H and O–H groups in total. The van der Waals surface area contributed by atoms with Crippen molar-refractivity contribution < 1.29 is 0 Å². The standard InChI is InChI=1S/C4H5N4S2/c1-2-9-6-7(1)8-3-5-4-10-8/h1-4,6H. The highest BCUT2D eigenvalue weighted by Crippen LogP contribution is 2.22. The molecule has 0 atom stereocenters. The van der Waals surface area contributed by atoms with E-state index in [1.807, 2.05) is 21.1 Å². The Bertz CT molecular complexity index is 172. The van der Waals surface area contributed by atoms with E-state index in [2.05, 4.69) is 9.82 Å². The second-order valence-electron chi connectivity index (χ2n) is 1.62. The van der Waals surface area contributed by atoms with Crippen LogP contribution in [-0.4, -0.2) is 15.1 Å². The molecule has 2 aliphatic rings. The number of nitrogens with one attached hydrogen (secondary N) is 1. The van der Waals surface area contributed by atoms with Crippen LogP contribution in [0.5, 0.6) is 0 Å². The summed E-state index contributed by atoms with van der Waals surface area (Å²) in [6.07, 6.45) is 1.93. The van der Waals surface area contributed by atoms with Crippen molar-refractivity contribution in [3.05, 3.63) is 18.3 Å². The molecule has 2 aliphatic heterocycles. The zero-order valence-corrected chi connectivity index (χ0v) is 6.60. The summed E-state index contributed by atoms with van der Waals surface area (Å²) in [6, 6.07) is 0. The Hall–Kier alpha value is -0.170. The predicted molar refractivity (Wildman–Crippen MR) is 43.9 cm³/mol. The van der Waals surface area contributed by atoms with Crippen LogP contribution in [0.2, 0.25) is 0 Å². The molecular weight excluding hydrogens is 168 g/mol. The first-order valence-corrected chi connectivity index (χ1v) is 4.36. The molecule has 0 aliphatic carbocycles. The van der Waals surface area contributed by atoms with Crippen LogP contribution in [0.15, 0.2) is 16.6 Å². The Labute approximate surface area is 67.6 Å². The van der Waals surface area contributed by atoms with Crippen LogP contribution in [-0.2, 0) is 0 Å². The molecule has 1 radical (unpaired) electrons. The molecule has 10 heavy (non-hydrogen) atoms. The number of hydrogen-bond donors (Lipinski definition) is 1. The number of rotatable bonds is 1. The Morgan fingerprint density at radius 2 is 2.50 bits per heavy atom. The lowest BCUT2D eigenvalue weighted by atomic mass is 11.0. The van der Waals surface area contributed by atoms with Gasteiger partial charge in [-0.1, -0.05) is 0 Å². The van der Waals surface area contributed by atoms with Gasteiger partial charge >= 0.3 is 0 Å². The maximum Gasteiger partial charge on any atom is 0.171 e. The number of nitrogens with zero attached hydrogens (tertiary/aromatic N) is 3. The Kier molecular flexibility index (Phi) is 1.85. The zero-order valence-electron chi connectivity index (χ0n) is 4.97. The van der Waals surface area contributed by atoms with Gasteiger partial charge in [-0.25, -0.2) is 5.12 Å². The highest BCUT2D eigenvalue weighted by Gasteiger charge is 2.17. The Morgan fingerprint density at radius 1 is 1.50 bits per heavy atom. The maximum absolute atomic E-state index is 3.92. The third kappa shape index (κ3) is 1.15. The van der Waals surface area contributed by atoms with Gasteiger partial charge < -0.3 is 0 Å². The molecule has 0 fully saturated rings. The minimum Gasteiger partial charge on any atom is -0.259 e. The average molecular weight is 173 g/mol. The highest BCUT2D eigenvalue weighted by atomic mass is 32.2. The van der Waals surface area contributed by atoms with Crippen LogP contribution in [0, 0.1) is 6.67 Å². The van der Waals surface area contributed by atoms with Crippen LogP contribution in [0.4, 0.5) is 0 Å². The molecule has 53 valence electrons. The average Bonchev–Trinajstić information content (AvgIpc) is 2.59. The lowest BCUT2D eigenvalue weighted by molar-refractivity contribution is 0.154. The van der Waals surface area contributed by atoms with Crippen LogP contribution < -0.4 is 4.83 Å². The summed E-state index contributed by atoms with van der Waals surface area (Å²) in [7, 11) is 0. The third-order valence-corrected chi connectivity index (χ3v) is 2.26. The quantitative estimate of drug-likeness (QED) is 0.597. The van der Waals surface area contributed by atoms with E-state index in [0.717, 1.165) is 0 Å². The molecule has 2 rings (SSSR count). The van der Waals surface area contributed by atoms with Gasteiger partial charge in [0, 0.05) is 11.6 Å². The summed E-state index contributed by atoms with van der Waals surface area (Å²) in [5, 5.41) is 3.81. The molecule has 0 aromatic rings. The third-order valence-electron chi connectivity index (χ3n) is 1.01. The lowest BCUT2D eigenvalue weighted by Crippen LogP contribution is -2.34. The van der Waals surface area contributed by atoms with Crippen molar-refractivity contribution in [1.82, 2.24) is 14.4 Å². The molecule has 0 unspecified atom stereocenters. The summed E-state index contributed by atoms with van der Waals surface area (Å²) in [6.45, 7) is 1.74. The van der Waals surface area contributed by atoms with Crippen molar-refractivity contribution in [3.63, 3.8) is 0 Å². The minimum atomic E-state index is 1.52. The molecule has 0 saturated heterocycles. The fourth-order valence-electron chi connectivity index (χ4n) is 0.602. The summed E-state index contributed by atoms with van der Waals surface area (Å²) in [5.74, 6) is 0. The van der Waals surface area contributed by atoms with E-state index in [0.29, 0.717) is 0 Å². The van der Waals surface area contributed by atoms with Gasteiger partial charge in [-0.3, -0.25) is 4.99 Å². The molecule has 2 heterocycles. The molecule has 0 saturated carbocycles. The van der Waals surface area contributed by atoms with Crippen molar-refractivity contribution in [1.29, 1.82) is 0 Å². The lowest BCUT2D eigenvalue weighted by Gasteiger charge is -2.22. The van der Waals surface area contributed by atoms with Gasteiger partial charge in [0.15, 0.2) is 6.67 Å². The normalized spacial score (nSPS) is 25.0. The predicted octanol–water partition coefficient (Wildman–Crippen LogP) is 0.952. The van der Waals surface area contributed by atoms with E-state index in [9.17, 15) is 0 Å². The largest absolute Gasteiger partial charge is 0.259 e. The van der Waals surface area contributed by atoms with E-state index in [1.165, 1.54) is 23.9 Å². The first kappa shape index (κ1) is 6.53. The van der Waals surface area contributed by atoms with Gasteiger partial charge in [-0.15, -0.1) is 4.41 Å². The molecule has 0 spiro atoms. The van der Waals surface area contributed by atoms with Gasteiger partial charge in [-0.05, 0) is 23.9 Å². The van der Waals surface area contributed by atoms with Gasteiger partial charge in [-0.2, -0.15) is 4.83 Å². The van der Waals surface area contributed by atoms with Gasteiger partial charge in [0.25, 0.3) is 0 Å². The maximum atomic E-state index is 3.92. The van der Waals surface area contributed by atoms with E-state index in [4.69, 9.17) is 0 Å². The summed E-state index contributed by atoms with van der Waals surface area (Å²) in [4.78, 5) is 6.95. The van der Waals surface area contributed by atoms with Crippen LogP contribution >= 0.6 is 23.9 Å². The van der Waals surface area contributed by atoms with Crippen molar-refractivity contribution >= 4 is 29.4 Å². The zero-order chi connectivity index (χ0) is 6.81. The number of hydrogen-bond acceptors (Lipinski definition) is 6.